The number of nitrogens with one attached hydrogen (secondary N) is 1. The molecule has 1 N–H and O–H groups in total. The maximum atomic E-state index is 12.2. The van der Waals surface area contributed by atoms with Crippen LogP contribution in [0.3, 0.4) is 0 Å². The van der Waals surface area contributed by atoms with Crippen LogP contribution in [0, 0.1) is 12.8 Å². The fourth-order valence-electron chi connectivity index (χ4n) is 3.38. The molecule has 3 heterocycles. The smallest absolute Gasteiger partial charge is 0.269 e. The maximum absolute atomic E-state index is 12.2. The Hall–Kier alpha value is -1.40. The van der Waals surface area contributed by atoms with Gasteiger partial charge in [0.05, 0.1) is 0 Å². The summed E-state index contributed by atoms with van der Waals surface area (Å²) in [5.74, 6) is 0.646. The van der Waals surface area contributed by atoms with Crippen molar-refractivity contribution in [3.8, 4) is 0 Å². The van der Waals surface area contributed by atoms with E-state index in [0.717, 1.165) is 32.6 Å². The van der Waals surface area contributed by atoms with Gasteiger partial charge in [-0.25, -0.2) is 0 Å². The largest absolute Gasteiger partial charge is 0.387 e. The number of nitrogens with zero attached hydrogens (tertiary/aromatic N) is 2. The van der Waals surface area contributed by atoms with Crippen molar-refractivity contribution in [2.45, 2.75) is 44.8 Å². The normalized spacial score (nSPS) is 27.3. The summed E-state index contributed by atoms with van der Waals surface area (Å²) in [6.07, 6.45) is 4.07. The number of carbonyl (C=O) groups excluding carboxylic acids is 1. The minimum atomic E-state index is -0.279. The first-order chi connectivity index (χ1) is 11.1. The molecule has 0 aromatic carbocycles. The lowest BCUT2D eigenvalue weighted by Gasteiger charge is -2.21. The number of hydrogen-bond acceptors (Lipinski definition) is 5. The molecule has 1 saturated carbocycles. The predicted octanol–water partition coefficient (Wildman–Crippen LogP) is 2.30. The summed E-state index contributed by atoms with van der Waals surface area (Å²) in [4.78, 5) is 23.0. The SMILES string of the molecule is Cc1ccc(CN2CC[C@@]3(CC(C(=O)NCC4CC4)=NO3)C2)s1. The summed E-state index contributed by atoms with van der Waals surface area (Å²) in [5.41, 5.74) is 0.290. The van der Waals surface area contributed by atoms with Crippen LogP contribution in [-0.4, -0.2) is 41.8 Å². The van der Waals surface area contributed by atoms with Gasteiger partial charge in [-0.15, -0.1) is 11.3 Å². The number of carbonyl (C=O) groups is 1. The van der Waals surface area contributed by atoms with E-state index in [9.17, 15) is 4.79 Å². The van der Waals surface area contributed by atoms with Crippen molar-refractivity contribution < 1.29 is 9.63 Å². The molecule has 0 radical (unpaired) electrons. The van der Waals surface area contributed by atoms with E-state index in [-0.39, 0.29) is 11.5 Å². The second-order valence-electron chi connectivity index (χ2n) is 7.12. The van der Waals surface area contributed by atoms with Crippen molar-refractivity contribution in [2.75, 3.05) is 19.6 Å². The molecule has 1 aromatic heterocycles. The van der Waals surface area contributed by atoms with Gasteiger partial charge in [-0.05, 0) is 37.8 Å². The first-order valence-corrected chi connectivity index (χ1v) is 9.24. The Morgan fingerprint density at radius 1 is 1.52 bits per heavy atom. The number of amides is 1. The fourth-order valence-corrected chi connectivity index (χ4v) is 4.31. The minimum Gasteiger partial charge on any atom is -0.387 e. The van der Waals surface area contributed by atoms with Gasteiger partial charge in [0.25, 0.3) is 5.91 Å². The summed E-state index contributed by atoms with van der Waals surface area (Å²) in [5, 5.41) is 7.08. The Labute approximate surface area is 140 Å². The summed E-state index contributed by atoms with van der Waals surface area (Å²) in [6, 6.07) is 4.37. The van der Waals surface area contributed by atoms with Gasteiger partial charge >= 0.3 is 0 Å². The highest BCUT2D eigenvalue weighted by molar-refractivity contribution is 7.11. The second-order valence-corrected chi connectivity index (χ2v) is 8.49. The first kappa shape index (κ1) is 15.1. The van der Waals surface area contributed by atoms with Gasteiger partial charge in [0, 0.05) is 48.8 Å². The lowest BCUT2D eigenvalue weighted by Crippen LogP contribution is -2.37. The predicted molar refractivity (Wildman–Crippen MR) is 90.6 cm³/mol. The zero-order valence-electron chi connectivity index (χ0n) is 13.5. The molecule has 1 amide bonds. The van der Waals surface area contributed by atoms with Crippen LogP contribution in [0.25, 0.3) is 0 Å². The topological polar surface area (TPSA) is 53.9 Å². The number of thiophene rings is 1. The highest BCUT2D eigenvalue weighted by atomic mass is 32.1. The van der Waals surface area contributed by atoms with Crippen molar-refractivity contribution >= 4 is 23.0 Å². The monoisotopic (exact) mass is 333 g/mol. The number of rotatable bonds is 5. The van der Waals surface area contributed by atoms with E-state index in [0.29, 0.717) is 18.1 Å². The highest BCUT2D eigenvalue weighted by Crippen LogP contribution is 2.35. The Morgan fingerprint density at radius 3 is 3.13 bits per heavy atom. The molecule has 0 bridgehead atoms. The second kappa shape index (κ2) is 5.91. The zero-order valence-corrected chi connectivity index (χ0v) is 14.3. The van der Waals surface area contributed by atoms with Crippen LogP contribution < -0.4 is 5.32 Å². The van der Waals surface area contributed by atoms with Gasteiger partial charge in [0.1, 0.15) is 5.71 Å². The van der Waals surface area contributed by atoms with Crippen molar-refractivity contribution in [1.82, 2.24) is 10.2 Å². The maximum Gasteiger partial charge on any atom is 0.269 e. The van der Waals surface area contributed by atoms with E-state index in [1.165, 1.54) is 22.6 Å². The Kier molecular flexibility index (Phi) is 3.89. The minimum absolute atomic E-state index is 0.0406. The summed E-state index contributed by atoms with van der Waals surface area (Å²) >= 11 is 1.85. The van der Waals surface area contributed by atoms with Crippen molar-refractivity contribution in [3.05, 3.63) is 21.9 Å². The highest BCUT2D eigenvalue weighted by Gasteiger charge is 2.46. The molecular formula is C17H23N3O2S. The Bertz CT molecular complexity index is 638. The quantitative estimate of drug-likeness (QED) is 0.899. The molecular weight excluding hydrogens is 310 g/mol. The van der Waals surface area contributed by atoms with Gasteiger partial charge in [0.15, 0.2) is 5.60 Å². The van der Waals surface area contributed by atoms with Crippen LogP contribution in [0.2, 0.25) is 0 Å². The summed E-state index contributed by atoms with van der Waals surface area (Å²) in [6.45, 7) is 5.75. The van der Waals surface area contributed by atoms with E-state index in [4.69, 9.17) is 4.84 Å². The molecule has 3 aliphatic rings. The zero-order chi connectivity index (χ0) is 15.9. The number of oxime groups is 1. The number of aryl methyl sites for hydroxylation is 1. The molecule has 2 fully saturated rings. The third kappa shape index (κ3) is 3.43. The first-order valence-electron chi connectivity index (χ1n) is 8.43. The van der Waals surface area contributed by atoms with Gasteiger partial charge < -0.3 is 10.2 Å². The summed E-state index contributed by atoms with van der Waals surface area (Å²) < 4.78 is 0. The van der Waals surface area contributed by atoms with Crippen LogP contribution >= 0.6 is 11.3 Å². The molecule has 1 saturated heterocycles. The average Bonchev–Trinajstić information content (AvgIpc) is 2.93. The van der Waals surface area contributed by atoms with Gasteiger partial charge in [-0.1, -0.05) is 5.16 Å². The van der Waals surface area contributed by atoms with Gasteiger partial charge in [0.2, 0.25) is 0 Å². The molecule has 0 unspecified atom stereocenters. The van der Waals surface area contributed by atoms with Crippen molar-refractivity contribution in [1.29, 1.82) is 0 Å². The van der Waals surface area contributed by atoms with Crippen LogP contribution in [0.5, 0.6) is 0 Å². The lowest BCUT2D eigenvalue weighted by atomic mass is 9.96. The van der Waals surface area contributed by atoms with Crippen LogP contribution in [0.15, 0.2) is 17.3 Å². The molecule has 23 heavy (non-hydrogen) atoms. The van der Waals surface area contributed by atoms with Crippen molar-refractivity contribution in [2.24, 2.45) is 11.1 Å². The summed E-state index contributed by atoms with van der Waals surface area (Å²) in [7, 11) is 0. The van der Waals surface area contributed by atoms with Gasteiger partial charge in [-0.2, -0.15) is 0 Å². The fraction of sp³-hybridized carbons (Fsp3) is 0.647. The molecule has 4 rings (SSSR count). The number of hydrogen-bond donors (Lipinski definition) is 1. The van der Waals surface area contributed by atoms with Gasteiger partial charge in [-0.3, -0.25) is 9.69 Å². The van der Waals surface area contributed by atoms with E-state index < -0.39 is 0 Å². The molecule has 1 aliphatic carbocycles. The third-order valence-corrected chi connectivity index (χ3v) is 5.91. The van der Waals surface area contributed by atoms with Crippen LogP contribution in [-0.2, 0) is 16.2 Å². The lowest BCUT2D eigenvalue weighted by molar-refractivity contribution is -0.115. The molecule has 1 atom stereocenters. The van der Waals surface area contributed by atoms with Crippen LogP contribution in [0.4, 0.5) is 0 Å². The molecule has 1 spiro atoms. The van der Waals surface area contributed by atoms with E-state index >= 15 is 0 Å². The molecule has 124 valence electrons. The van der Waals surface area contributed by atoms with E-state index in [2.05, 4.69) is 34.4 Å². The Morgan fingerprint density at radius 2 is 2.39 bits per heavy atom. The van der Waals surface area contributed by atoms with Crippen molar-refractivity contribution in [3.63, 3.8) is 0 Å². The Balaban J connectivity index is 1.30. The number of likely N-dealkylation sites (tertiary alicyclic amines) is 1. The standard InChI is InChI=1S/C17H23N3O2S/c1-12-2-5-14(23-12)10-20-7-6-17(11-20)8-15(19-22-17)16(21)18-9-13-3-4-13/h2,5,13H,3-4,6-11H2,1H3,(H,18,21)/t17-/m1/s1. The van der Waals surface area contributed by atoms with Crippen LogP contribution in [0.1, 0.15) is 35.4 Å². The van der Waals surface area contributed by atoms with E-state index in [1.807, 2.05) is 11.3 Å². The van der Waals surface area contributed by atoms with E-state index in [1.54, 1.807) is 0 Å². The molecule has 5 nitrogen and oxygen atoms in total. The third-order valence-electron chi connectivity index (χ3n) is 4.92. The molecule has 1 aromatic rings. The molecule has 6 heteroatoms. The average molecular weight is 333 g/mol. The molecule has 2 aliphatic heterocycles.